The summed E-state index contributed by atoms with van der Waals surface area (Å²) >= 11 is 0. The first-order chi connectivity index (χ1) is 9.72. The van der Waals surface area contributed by atoms with Crippen molar-refractivity contribution in [1.82, 2.24) is 0 Å². The van der Waals surface area contributed by atoms with Gasteiger partial charge in [-0.15, -0.1) is 0 Å². The van der Waals surface area contributed by atoms with Crippen molar-refractivity contribution in [3.05, 3.63) is 35.1 Å². The molecular formula is C16H21F3O2. The fourth-order valence-electron chi connectivity index (χ4n) is 2.97. The Bertz CT molecular complexity index is 518. The van der Waals surface area contributed by atoms with E-state index >= 15 is 0 Å². The summed E-state index contributed by atoms with van der Waals surface area (Å²) in [6, 6.07) is 1.91. The minimum absolute atomic E-state index is 0.133. The van der Waals surface area contributed by atoms with Crippen LogP contribution in [0.5, 0.6) is 0 Å². The highest BCUT2D eigenvalue weighted by Crippen LogP contribution is 2.47. The Morgan fingerprint density at radius 2 is 1.62 bits per heavy atom. The first-order valence-electron chi connectivity index (χ1n) is 7.09. The summed E-state index contributed by atoms with van der Waals surface area (Å²) in [6.45, 7) is 4.24. The lowest BCUT2D eigenvalue weighted by molar-refractivity contribution is -0.139. The molecule has 1 aliphatic rings. The molecule has 1 saturated carbocycles. The maximum absolute atomic E-state index is 13.9. The van der Waals surface area contributed by atoms with Gasteiger partial charge in [-0.1, -0.05) is 19.9 Å². The summed E-state index contributed by atoms with van der Waals surface area (Å²) in [5.41, 5.74) is -1.08. The molecule has 0 aliphatic heterocycles. The van der Waals surface area contributed by atoms with Crippen LogP contribution >= 0.6 is 0 Å². The number of aliphatic hydroxyl groups excluding tert-OH is 1. The molecule has 1 aromatic carbocycles. The number of halogens is 3. The van der Waals surface area contributed by atoms with E-state index < -0.39 is 29.2 Å². The third kappa shape index (κ3) is 2.94. The van der Waals surface area contributed by atoms with E-state index in [1.807, 2.05) is 0 Å². The van der Waals surface area contributed by atoms with Gasteiger partial charge in [0, 0.05) is 12.7 Å². The van der Waals surface area contributed by atoms with Crippen molar-refractivity contribution in [3.63, 3.8) is 0 Å². The van der Waals surface area contributed by atoms with Crippen LogP contribution in [-0.4, -0.2) is 17.8 Å². The summed E-state index contributed by atoms with van der Waals surface area (Å²) in [6.07, 6.45) is 1.37. The molecule has 1 atom stereocenters. The zero-order chi connectivity index (χ0) is 15.8. The first-order valence-corrected chi connectivity index (χ1v) is 7.09. The van der Waals surface area contributed by atoms with Gasteiger partial charge in [-0.25, -0.2) is 13.2 Å². The average Bonchev–Trinajstić information content (AvgIpc) is 2.45. The SMILES string of the molecule is COC1(C(O)c2ccc(F)c(F)c2F)CCC(C)(C)CC1. The highest BCUT2D eigenvalue weighted by Gasteiger charge is 2.45. The second kappa shape index (κ2) is 5.61. The van der Waals surface area contributed by atoms with Crippen LogP contribution in [0.15, 0.2) is 12.1 Å². The van der Waals surface area contributed by atoms with Gasteiger partial charge in [0.1, 0.15) is 6.10 Å². The van der Waals surface area contributed by atoms with Gasteiger partial charge < -0.3 is 9.84 Å². The van der Waals surface area contributed by atoms with Crippen LogP contribution in [0, 0.1) is 22.9 Å². The van der Waals surface area contributed by atoms with E-state index in [1.54, 1.807) is 0 Å². The van der Waals surface area contributed by atoms with Crippen molar-refractivity contribution >= 4 is 0 Å². The number of benzene rings is 1. The van der Waals surface area contributed by atoms with Gasteiger partial charge in [0.15, 0.2) is 17.5 Å². The van der Waals surface area contributed by atoms with Gasteiger partial charge >= 0.3 is 0 Å². The smallest absolute Gasteiger partial charge is 0.194 e. The topological polar surface area (TPSA) is 29.5 Å². The molecule has 118 valence electrons. The van der Waals surface area contributed by atoms with E-state index in [9.17, 15) is 18.3 Å². The molecule has 21 heavy (non-hydrogen) atoms. The van der Waals surface area contributed by atoms with E-state index in [0.29, 0.717) is 12.8 Å². The van der Waals surface area contributed by atoms with Crippen molar-refractivity contribution in [2.24, 2.45) is 5.41 Å². The average molecular weight is 302 g/mol. The Kier molecular flexibility index (Phi) is 4.36. The highest BCUT2D eigenvalue weighted by molar-refractivity contribution is 5.25. The number of hydrogen-bond acceptors (Lipinski definition) is 2. The van der Waals surface area contributed by atoms with Crippen molar-refractivity contribution in [2.75, 3.05) is 7.11 Å². The lowest BCUT2D eigenvalue weighted by Crippen LogP contribution is -2.44. The van der Waals surface area contributed by atoms with Gasteiger partial charge in [-0.05, 0) is 37.2 Å². The number of ether oxygens (including phenoxy) is 1. The van der Waals surface area contributed by atoms with Crippen LogP contribution in [-0.2, 0) is 4.74 Å². The predicted molar refractivity (Wildman–Crippen MR) is 73.3 cm³/mol. The van der Waals surface area contributed by atoms with Gasteiger partial charge in [0.25, 0.3) is 0 Å². The Balaban J connectivity index is 2.33. The molecule has 0 bridgehead atoms. The molecular weight excluding hydrogens is 281 g/mol. The lowest BCUT2D eigenvalue weighted by Gasteiger charge is -2.45. The Hall–Kier alpha value is -1.07. The standard InChI is InChI=1S/C16H21F3O2/c1-15(2)6-8-16(21-3,9-7-15)14(20)10-4-5-11(17)13(19)12(10)18/h4-5,14,20H,6-9H2,1-3H3. The molecule has 0 aromatic heterocycles. The number of hydrogen-bond donors (Lipinski definition) is 1. The molecule has 2 rings (SSSR count). The zero-order valence-corrected chi connectivity index (χ0v) is 12.5. The lowest BCUT2D eigenvalue weighted by atomic mass is 9.68. The van der Waals surface area contributed by atoms with E-state index in [-0.39, 0.29) is 11.0 Å². The molecule has 0 radical (unpaired) electrons. The van der Waals surface area contributed by atoms with Crippen molar-refractivity contribution < 1.29 is 23.0 Å². The number of methoxy groups -OCH3 is 1. The largest absolute Gasteiger partial charge is 0.385 e. The van der Waals surface area contributed by atoms with Crippen molar-refractivity contribution in [2.45, 2.75) is 51.2 Å². The first kappa shape index (κ1) is 16.3. The molecule has 1 aliphatic carbocycles. The molecule has 0 amide bonds. The molecule has 0 saturated heterocycles. The molecule has 1 aromatic rings. The van der Waals surface area contributed by atoms with Gasteiger partial charge in [-0.3, -0.25) is 0 Å². The molecule has 1 N–H and O–H groups in total. The van der Waals surface area contributed by atoms with Crippen LogP contribution in [0.2, 0.25) is 0 Å². The second-order valence-corrected chi connectivity index (χ2v) is 6.60. The Morgan fingerprint density at radius 3 is 2.14 bits per heavy atom. The molecule has 0 heterocycles. The third-order valence-electron chi connectivity index (χ3n) is 4.71. The van der Waals surface area contributed by atoms with Gasteiger partial charge in [0.2, 0.25) is 0 Å². The van der Waals surface area contributed by atoms with E-state index in [4.69, 9.17) is 4.74 Å². The van der Waals surface area contributed by atoms with E-state index in [0.717, 1.165) is 25.0 Å². The molecule has 1 unspecified atom stereocenters. The monoisotopic (exact) mass is 302 g/mol. The maximum Gasteiger partial charge on any atom is 0.194 e. The Morgan fingerprint density at radius 1 is 1.05 bits per heavy atom. The quantitative estimate of drug-likeness (QED) is 0.851. The fraction of sp³-hybridized carbons (Fsp3) is 0.625. The molecule has 1 fully saturated rings. The summed E-state index contributed by atoms with van der Waals surface area (Å²) in [4.78, 5) is 0. The minimum atomic E-state index is -1.56. The number of aliphatic hydroxyl groups is 1. The van der Waals surface area contributed by atoms with Crippen LogP contribution in [0.4, 0.5) is 13.2 Å². The normalized spacial score (nSPS) is 22.0. The van der Waals surface area contributed by atoms with Crippen molar-refractivity contribution in [1.29, 1.82) is 0 Å². The minimum Gasteiger partial charge on any atom is -0.385 e. The maximum atomic E-state index is 13.9. The summed E-state index contributed by atoms with van der Waals surface area (Å²) in [5, 5.41) is 10.5. The molecule has 0 spiro atoms. The van der Waals surface area contributed by atoms with Crippen LogP contribution in [0.25, 0.3) is 0 Å². The number of rotatable bonds is 3. The summed E-state index contributed by atoms with van der Waals surface area (Å²) < 4.78 is 45.8. The van der Waals surface area contributed by atoms with E-state index in [1.165, 1.54) is 7.11 Å². The zero-order valence-electron chi connectivity index (χ0n) is 12.5. The summed E-state index contributed by atoms with van der Waals surface area (Å²) in [7, 11) is 1.46. The van der Waals surface area contributed by atoms with Gasteiger partial charge in [-0.2, -0.15) is 0 Å². The summed E-state index contributed by atoms with van der Waals surface area (Å²) in [5.74, 6) is -4.17. The molecule has 5 heteroatoms. The second-order valence-electron chi connectivity index (χ2n) is 6.60. The van der Waals surface area contributed by atoms with E-state index in [2.05, 4.69) is 13.8 Å². The third-order valence-corrected chi connectivity index (χ3v) is 4.71. The Labute approximate surface area is 122 Å². The predicted octanol–water partition coefficient (Wildman–Crippen LogP) is 4.12. The van der Waals surface area contributed by atoms with Crippen LogP contribution < -0.4 is 0 Å². The highest BCUT2D eigenvalue weighted by atomic mass is 19.2. The van der Waals surface area contributed by atoms with Crippen molar-refractivity contribution in [3.8, 4) is 0 Å². The fourth-order valence-corrected chi connectivity index (χ4v) is 2.97. The molecule has 2 nitrogen and oxygen atoms in total. The van der Waals surface area contributed by atoms with Gasteiger partial charge in [0.05, 0.1) is 5.60 Å². The van der Waals surface area contributed by atoms with Crippen LogP contribution in [0.3, 0.4) is 0 Å². The van der Waals surface area contributed by atoms with Crippen LogP contribution in [0.1, 0.15) is 51.2 Å².